The van der Waals surface area contributed by atoms with Crippen molar-refractivity contribution in [2.45, 2.75) is 4.90 Å². The van der Waals surface area contributed by atoms with Crippen LogP contribution in [0.15, 0.2) is 35.5 Å². The van der Waals surface area contributed by atoms with Crippen LogP contribution in [0.5, 0.6) is 0 Å². The van der Waals surface area contributed by atoms with Gasteiger partial charge in [0.25, 0.3) is 5.52 Å². The molecule has 2 aromatic rings. The van der Waals surface area contributed by atoms with Crippen molar-refractivity contribution >= 4 is 23.7 Å². The maximum Gasteiger partial charge on any atom is 0.283 e. The molecule has 0 aliphatic rings. The first-order chi connectivity index (χ1) is 5.77. The van der Waals surface area contributed by atoms with Gasteiger partial charge in [-0.25, -0.2) is 4.98 Å². The lowest BCUT2D eigenvalue weighted by Crippen LogP contribution is -2.29. The summed E-state index contributed by atoms with van der Waals surface area (Å²) in [7, 11) is 0. The summed E-state index contributed by atoms with van der Waals surface area (Å²) in [5.74, 6) is 0. The standard InChI is InChI=1S/C8H6N2OS/c11-10-3-1-2-7-8(10)4-6(12)5-9-7/h1-5,11H/p+1. The second-order valence-corrected chi connectivity index (χ2v) is 2.97. The number of hydrogen-bond acceptors (Lipinski definition) is 3. The second kappa shape index (κ2) is 2.64. The molecule has 1 N–H and O–H groups in total. The average Bonchev–Trinajstić information content (AvgIpc) is 2.07. The third kappa shape index (κ3) is 1.10. The van der Waals surface area contributed by atoms with Crippen molar-refractivity contribution in [3.8, 4) is 0 Å². The average molecular weight is 179 g/mol. The highest BCUT2D eigenvalue weighted by molar-refractivity contribution is 7.80. The van der Waals surface area contributed by atoms with Gasteiger partial charge in [-0.05, 0) is 6.07 Å². The number of aromatic nitrogens is 2. The Morgan fingerprint density at radius 1 is 1.50 bits per heavy atom. The molecule has 2 rings (SSSR count). The van der Waals surface area contributed by atoms with E-state index in [-0.39, 0.29) is 0 Å². The van der Waals surface area contributed by atoms with Crippen LogP contribution < -0.4 is 4.73 Å². The Hall–Kier alpha value is -1.29. The van der Waals surface area contributed by atoms with E-state index in [1.54, 1.807) is 24.5 Å². The molecule has 4 heteroatoms. The van der Waals surface area contributed by atoms with E-state index in [4.69, 9.17) is 0 Å². The highest BCUT2D eigenvalue weighted by Gasteiger charge is 2.07. The summed E-state index contributed by atoms with van der Waals surface area (Å²) >= 11 is 4.12. The van der Waals surface area contributed by atoms with E-state index in [2.05, 4.69) is 17.6 Å². The van der Waals surface area contributed by atoms with Crippen LogP contribution in [0.2, 0.25) is 0 Å². The first-order valence-corrected chi connectivity index (χ1v) is 3.91. The Labute approximate surface area is 74.7 Å². The summed E-state index contributed by atoms with van der Waals surface area (Å²) in [6.45, 7) is 0. The molecule has 12 heavy (non-hydrogen) atoms. The zero-order chi connectivity index (χ0) is 8.55. The molecule has 0 spiro atoms. The van der Waals surface area contributed by atoms with Gasteiger partial charge in [0.1, 0.15) is 5.52 Å². The van der Waals surface area contributed by atoms with Crippen LogP contribution in [0.3, 0.4) is 0 Å². The van der Waals surface area contributed by atoms with E-state index < -0.39 is 0 Å². The fourth-order valence-corrected chi connectivity index (χ4v) is 1.24. The van der Waals surface area contributed by atoms with Crippen molar-refractivity contribution in [3.63, 3.8) is 0 Å². The molecule has 0 radical (unpaired) electrons. The van der Waals surface area contributed by atoms with Gasteiger partial charge < -0.3 is 0 Å². The van der Waals surface area contributed by atoms with Gasteiger partial charge in [0.2, 0.25) is 6.20 Å². The van der Waals surface area contributed by atoms with Crippen molar-refractivity contribution in [3.05, 3.63) is 30.6 Å². The van der Waals surface area contributed by atoms with Gasteiger partial charge in [0, 0.05) is 28.0 Å². The molecule has 0 amide bonds. The zero-order valence-electron chi connectivity index (χ0n) is 6.18. The summed E-state index contributed by atoms with van der Waals surface area (Å²) in [6, 6.07) is 5.31. The molecule has 2 heterocycles. The first kappa shape index (κ1) is 7.36. The molecule has 60 valence electrons. The summed E-state index contributed by atoms with van der Waals surface area (Å²) in [6.07, 6.45) is 3.20. The number of nitrogens with zero attached hydrogens (tertiary/aromatic N) is 2. The van der Waals surface area contributed by atoms with Crippen molar-refractivity contribution < 1.29 is 9.94 Å². The third-order valence-electron chi connectivity index (χ3n) is 1.61. The van der Waals surface area contributed by atoms with Crippen molar-refractivity contribution in [2.75, 3.05) is 0 Å². The Morgan fingerprint density at radius 2 is 2.33 bits per heavy atom. The monoisotopic (exact) mass is 179 g/mol. The third-order valence-corrected chi connectivity index (χ3v) is 1.86. The van der Waals surface area contributed by atoms with Crippen LogP contribution in [0.4, 0.5) is 0 Å². The van der Waals surface area contributed by atoms with E-state index in [9.17, 15) is 5.21 Å². The fraction of sp³-hybridized carbons (Fsp3) is 0. The van der Waals surface area contributed by atoms with Crippen LogP contribution in [0.1, 0.15) is 0 Å². The Morgan fingerprint density at radius 3 is 3.17 bits per heavy atom. The second-order valence-electron chi connectivity index (χ2n) is 2.45. The minimum absolute atomic E-state index is 0.657. The topological polar surface area (TPSA) is 37.0 Å². The molecule has 0 atom stereocenters. The molecule has 0 bridgehead atoms. The lowest BCUT2D eigenvalue weighted by Gasteiger charge is -1.92. The van der Waals surface area contributed by atoms with Gasteiger partial charge in [-0.3, -0.25) is 5.21 Å². The Kier molecular flexibility index (Phi) is 1.62. The van der Waals surface area contributed by atoms with E-state index in [1.807, 2.05) is 6.07 Å². The maximum atomic E-state index is 9.34. The summed E-state index contributed by atoms with van der Waals surface area (Å²) in [5.41, 5.74) is 1.41. The summed E-state index contributed by atoms with van der Waals surface area (Å²) in [5, 5.41) is 9.34. The molecule has 3 nitrogen and oxygen atoms in total. The lowest BCUT2D eigenvalue weighted by molar-refractivity contribution is -0.884. The number of rotatable bonds is 0. The Balaban J connectivity index is 2.88. The van der Waals surface area contributed by atoms with E-state index in [0.717, 1.165) is 15.1 Å². The predicted octanol–water partition coefficient (Wildman–Crippen LogP) is 1.05. The van der Waals surface area contributed by atoms with Gasteiger partial charge >= 0.3 is 0 Å². The van der Waals surface area contributed by atoms with Crippen molar-refractivity contribution in [2.24, 2.45) is 0 Å². The molecule has 0 fully saturated rings. The van der Waals surface area contributed by atoms with Gasteiger partial charge in [-0.15, -0.1) is 12.6 Å². The highest BCUT2D eigenvalue weighted by atomic mass is 32.1. The van der Waals surface area contributed by atoms with E-state index >= 15 is 0 Å². The van der Waals surface area contributed by atoms with Gasteiger partial charge in [-0.1, -0.05) is 0 Å². The molecule has 0 saturated carbocycles. The van der Waals surface area contributed by atoms with Crippen LogP contribution in [0, 0.1) is 0 Å². The predicted molar refractivity (Wildman–Crippen MR) is 46.4 cm³/mol. The molecule has 0 aromatic carbocycles. The maximum absolute atomic E-state index is 9.34. The summed E-state index contributed by atoms with van der Waals surface area (Å²) < 4.78 is 1.03. The minimum atomic E-state index is 0.657. The molecular weight excluding hydrogens is 172 g/mol. The number of hydrogen-bond donors (Lipinski definition) is 2. The zero-order valence-corrected chi connectivity index (χ0v) is 7.07. The van der Waals surface area contributed by atoms with Crippen LogP contribution in [0.25, 0.3) is 11.0 Å². The Bertz CT molecular complexity index is 430. The molecule has 0 aliphatic carbocycles. The van der Waals surface area contributed by atoms with Crippen molar-refractivity contribution in [1.29, 1.82) is 0 Å². The van der Waals surface area contributed by atoms with Crippen LogP contribution >= 0.6 is 12.6 Å². The number of thiol groups is 1. The molecule has 0 saturated heterocycles. The molecule has 0 aliphatic heterocycles. The molecule has 0 unspecified atom stereocenters. The number of fused-ring (bicyclic) bond motifs is 1. The fourth-order valence-electron chi connectivity index (χ4n) is 1.06. The first-order valence-electron chi connectivity index (χ1n) is 3.46. The smallest absolute Gasteiger partial charge is 0.283 e. The van der Waals surface area contributed by atoms with Crippen LogP contribution in [-0.2, 0) is 0 Å². The highest BCUT2D eigenvalue weighted by Crippen LogP contribution is 2.10. The minimum Gasteiger partial charge on any atom is -0.284 e. The van der Waals surface area contributed by atoms with Crippen molar-refractivity contribution in [1.82, 2.24) is 4.98 Å². The summed E-state index contributed by atoms with van der Waals surface area (Å²) in [4.78, 5) is 4.82. The largest absolute Gasteiger partial charge is 0.284 e. The van der Waals surface area contributed by atoms with E-state index in [0.29, 0.717) is 5.52 Å². The van der Waals surface area contributed by atoms with Gasteiger partial charge in [0.05, 0.1) is 0 Å². The normalized spacial score (nSPS) is 10.4. The quantitative estimate of drug-likeness (QED) is 0.360. The van der Waals surface area contributed by atoms with Gasteiger partial charge in [0.15, 0.2) is 0 Å². The molecule has 2 aromatic heterocycles. The van der Waals surface area contributed by atoms with Gasteiger partial charge in [-0.2, -0.15) is 0 Å². The molecular formula is C8H7N2OS+. The van der Waals surface area contributed by atoms with Crippen LogP contribution in [-0.4, -0.2) is 10.2 Å². The SMILES string of the molecule is O[n+]1cccc2ncc(S)cc21. The number of pyridine rings is 2. The lowest BCUT2D eigenvalue weighted by atomic mass is 10.3. The van der Waals surface area contributed by atoms with E-state index in [1.165, 1.54) is 0 Å².